The van der Waals surface area contributed by atoms with E-state index in [4.69, 9.17) is 4.74 Å². The second kappa shape index (κ2) is 6.59. The van der Waals surface area contributed by atoms with Crippen molar-refractivity contribution >= 4 is 5.82 Å². The summed E-state index contributed by atoms with van der Waals surface area (Å²) in [4.78, 5) is 2.43. The second-order valence-electron chi connectivity index (χ2n) is 6.15. The van der Waals surface area contributed by atoms with Crippen LogP contribution in [0.4, 0.5) is 5.82 Å². The first kappa shape index (κ1) is 15.3. The van der Waals surface area contributed by atoms with Crippen molar-refractivity contribution in [3.63, 3.8) is 0 Å². The van der Waals surface area contributed by atoms with Gasteiger partial charge in [0.2, 0.25) is 0 Å². The lowest BCUT2D eigenvalue weighted by molar-refractivity contribution is 0.0980. The molecule has 1 aromatic rings. The quantitative estimate of drug-likeness (QED) is 0.891. The van der Waals surface area contributed by atoms with Crippen LogP contribution in [-0.4, -0.2) is 42.1 Å². The topological polar surface area (TPSA) is 42.3 Å². The number of nitrogens with zero attached hydrogens (tertiary/aromatic N) is 3. The van der Waals surface area contributed by atoms with Crippen LogP contribution in [0.3, 0.4) is 0 Å². The number of nitrogens with one attached hydrogen (secondary N) is 1. The molecule has 1 aromatic heterocycles. The summed E-state index contributed by atoms with van der Waals surface area (Å²) in [6.45, 7) is 13.2. The molecular formula is C15H28N4O. The summed E-state index contributed by atoms with van der Waals surface area (Å²) < 4.78 is 7.56. The van der Waals surface area contributed by atoms with E-state index in [1.807, 2.05) is 11.7 Å². The predicted molar refractivity (Wildman–Crippen MR) is 82.1 cm³/mol. The van der Waals surface area contributed by atoms with Crippen LogP contribution in [-0.2, 0) is 18.3 Å². The van der Waals surface area contributed by atoms with E-state index >= 15 is 0 Å². The number of ether oxygens (including phenoxy) is 1. The number of aryl methyl sites for hydroxylation is 2. The van der Waals surface area contributed by atoms with Crippen molar-refractivity contribution in [3.8, 4) is 0 Å². The van der Waals surface area contributed by atoms with Crippen LogP contribution >= 0.6 is 0 Å². The maximum absolute atomic E-state index is 5.55. The molecule has 0 spiro atoms. The third-order valence-electron chi connectivity index (χ3n) is 3.81. The van der Waals surface area contributed by atoms with Gasteiger partial charge in [-0.1, -0.05) is 13.8 Å². The molecule has 114 valence electrons. The van der Waals surface area contributed by atoms with E-state index in [2.05, 4.69) is 43.0 Å². The van der Waals surface area contributed by atoms with Gasteiger partial charge in [0.15, 0.2) is 0 Å². The van der Waals surface area contributed by atoms with E-state index in [0.717, 1.165) is 38.5 Å². The molecule has 0 saturated carbocycles. The highest BCUT2D eigenvalue weighted by molar-refractivity contribution is 5.51. The molecule has 5 heteroatoms. The number of rotatable bonds is 5. The fraction of sp³-hybridized carbons (Fsp3) is 0.800. The molecular weight excluding hydrogens is 252 g/mol. The Morgan fingerprint density at radius 1 is 1.45 bits per heavy atom. The summed E-state index contributed by atoms with van der Waals surface area (Å²) in [5.41, 5.74) is 2.44. The molecule has 2 heterocycles. The number of morpholine rings is 1. The molecule has 1 unspecified atom stereocenters. The van der Waals surface area contributed by atoms with Gasteiger partial charge in [0.05, 0.1) is 24.9 Å². The summed E-state index contributed by atoms with van der Waals surface area (Å²) in [6.07, 6.45) is 0. The number of hydrogen-bond donors (Lipinski definition) is 1. The van der Waals surface area contributed by atoms with E-state index in [1.165, 1.54) is 11.4 Å². The van der Waals surface area contributed by atoms with Crippen LogP contribution in [0.5, 0.6) is 0 Å². The third kappa shape index (κ3) is 3.33. The van der Waals surface area contributed by atoms with Gasteiger partial charge in [-0.3, -0.25) is 4.68 Å². The first-order chi connectivity index (χ1) is 9.50. The maximum atomic E-state index is 5.55. The minimum Gasteiger partial charge on any atom is -0.377 e. The molecule has 2 rings (SSSR count). The molecule has 1 aliphatic heterocycles. The minimum absolute atomic E-state index is 0.405. The highest BCUT2D eigenvalue weighted by atomic mass is 16.5. The first-order valence-corrected chi connectivity index (χ1v) is 7.58. The molecule has 0 aromatic carbocycles. The lowest BCUT2D eigenvalue weighted by Gasteiger charge is -2.35. The van der Waals surface area contributed by atoms with Gasteiger partial charge in [0.25, 0.3) is 0 Å². The van der Waals surface area contributed by atoms with Gasteiger partial charge in [-0.05, 0) is 26.3 Å². The van der Waals surface area contributed by atoms with Crippen LogP contribution in [0.2, 0.25) is 0 Å². The summed E-state index contributed by atoms with van der Waals surface area (Å²) in [5, 5.41) is 8.15. The molecule has 0 bridgehead atoms. The smallest absolute Gasteiger partial charge is 0.131 e. The van der Waals surface area contributed by atoms with Gasteiger partial charge in [-0.25, -0.2) is 0 Å². The summed E-state index contributed by atoms with van der Waals surface area (Å²) in [7, 11) is 2.04. The zero-order valence-corrected chi connectivity index (χ0v) is 13.4. The van der Waals surface area contributed by atoms with Crippen molar-refractivity contribution in [1.29, 1.82) is 0 Å². The van der Waals surface area contributed by atoms with Crippen molar-refractivity contribution < 1.29 is 4.74 Å². The Morgan fingerprint density at radius 2 is 2.20 bits per heavy atom. The summed E-state index contributed by atoms with van der Waals surface area (Å²) in [5.74, 6) is 1.91. The van der Waals surface area contributed by atoms with Gasteiger partial charge >= 0.3 is 0 Å². The average molecular weight is 280 g/mol. The Labute approximate surface area is 122 Å². The van der Waals surface area contributed by atoms with E-state index in [9.17, 15) is 0 Å². The highest BCUT2D eigenvalue weighted by Gasteiger charge is 2.25. The first-order valence-electron chi connectivity index (χ1n) is 7.58. The van der Waals surface area contributed by atoms with Crippen molar-refractivity contribution in [2.75, 3.05) is 31.2 Å². The molecule has 1 fully saturated rings. The molecule has 1 saturated heterocycles. The summed E-state index contributed by atoms with van der Waals surface area (Å²) >= 11 is 0. The highest BCUT2D eigenvalue weighted by Crippen LogP contribution is 2.26. The lowest BCUT2D eigenvalue weighted by atomic mass is 10.1. The molecule has 0 aliphatic carbocycles. The Morgan fingerprint density at radius 3 is 2.85 bits per heavy atom. The van der Waals surface area contributed by atoms with Crippen LogP contribution in [0.25, 0.3) is 0 Å². The fourth-order valence-electron chi connectivity index (χ4n) is 2.78. The Bertz CT molecular complexity index is 441. The van der Waals surface area contributed by atoms with Gasteiger partial charge < -0.3 is 15.0 Å². The van der Waals surface area contributed by atoms with Gasteiger partial charge in [0.1, 0.15) is 5.82 Å². The van der Waals surface area contributed by atoms with Crippen LogP contribution in [0.15, 0.2) is 0 Å². The second-order valence-corrected chi connectivity index (χ2v) is 6.15. The van der Waals surface area contributed by atoms with Crippen molar-refractivity contribution in [2.45, 2.75) is 40.3 Å². The lowest BCUT2D eigenvalue weighted by Crippen LogP contribution is -2.45. The van der Waals surface area contributed by atoms with Crippen molar-refractivity contribution in [1.82, 2.24) is 15.1 Å². The molecule has 1 atom stereocenters. The molecule has 0 radical (unpaired) electrons. The summed E-state index contributed by atoms with van der Waals surface area (Å²) in [6, 6.07) is 0.405. The van der Waals surface area contributed by atoms with E-state index in [1.54, 1.807) is 0 Å². The normalized spacial score (nSPS) is 19.9. The van der Waals surface area contributed by atoms with Gasteiger partial charge in [-0.2, -0.15) is 5.10 Å². The van der Waals surface area contributed by atoms with Gasteiger partial charge in [0, 0.05) is 25.7 Å². The third-order valence-corrected chi connectivity index (χ3v) is 3.81. The monoisotopic (exact) mass is 280 g/mol. The van der Waals surface area contributed by atoms with E-state index < -0.39 is 0 Å². The average Bonchev–Trinajstić information content (AvgIpc) is 2.65. The SMILES string of the molecule is Cc1nn(C)c(N2CCOCC2C)c1CNCC(C)C. The minimum atomic E-state index is 0.405. The standard InChI is InChI=1S/C15H28N4O/c1-11(2)8-16-9-14-13(4)17-18(5)15(14)19-6-7-20-10-12(19)3/h11-12,16H,6-10H2,1-5H3. The van der Waals surface area contributed by atoms with E-state index in [0.29, 0.717) is 12.0 Å². The number of anilines is 1. The number of hydrogen-bond acceptors (Lipinski definition) is 4. The Balaban J connectivity index is 2.18. The molecule has 5 nitrogen and oxygen atoms in total. The van der Waals surface area contributed by atoms with Gasteiger partial charge in [-0.15, -0.1) is 0 Å². The Kier molecular flexibility index (Phi) is 5.05. The maximum Gasteiger partial charge on any atom is 0.131 e. The van der Waals surface area contributed by atoms with Crippen LogP contribution in [0.1, 0.15) is 32.0 Å². The van der Waals surface area contributed by atoms with Crippen molar-refractivity contribution in [3.05, 3.63) is 11.3 Å². The number of aromatic nitrogens is 2. The Hall–Kier alpha value is -1.07. The molecule has 20 heavy (non-hydrogen) atoms. The predicted octanol–water partition coefficient (Wildman–Crippen LogP) is 1.70. The zero-order chi connectivity index (χ0) is 14.7. The molecule has 1 N–H and O–H groups in total. The van der Waals surface area contributed by atoms with Crippen molar-refractivity contribution in [2.24, 2.45) is 13.0 Å². The zero-order valence-electron chi connectivity index (χ0n) is 13.4. The van der Waals surface area contributed by atoms with E-state index in [-0.39, 0.29) is 0 Å². The molecule has 1 aliphatic rings. The fourth-order valence-corrected chi connectivity index (χ4v) is 2.78. The van der Waals surface area contributed by atoms with Crippen LogP contribution in [0, 0.1) is 12.8 Å². The van der Waals surface area contributed by atoms with Crippen LogP contribution < -0.4 is 10.2 Å². The molecule has 0 amide bonds. The largest absolute Gasteiger partial charge is 0.377 e.